The van der Waals surface area contributed by atoms with E-state index in [1.807, 2.05) is 61.5 Å². The van der Waals surface area contributed by atoms with Gasteiger partial charge in [0.05, 0.1) is 17.7 Å². The fourth-order valence-corrected chi connectivity index (χ4v) is 12.3. The number of nitrogens with one attached hydrogen (secondary N) is 2. The molecule has 5 aliphatic rings. The van der Waals surface area contributed by atoms with E-state index in [-0.39, 0.29) is 76.7 Å². The zero-order valence-electron chi connectivity index (χ0n) is 40.6. The molecule has 0 saturated carbocycles. The second-order valence-corrected chi connectivity index (χ2v) is 21.2. The Morgan fingerprint density at radius 3 is 1.81 bits per heavy atom. The Labute approximate surface area is 393 Å². The van der Waals surface area contributed by atoms with Gasteiger partial charge >= 0.3 is 0 Å². The van der Waals surface area contributed by atoms with Crippen LogP contribution in [0.4, 0.5) is 0 Å². The van der Waals surface area contributed by atoms with Crippen LogP contribution < -0.4 is 45.0 Å². The number of hydrogen-bond acceptors (Lipinski definition) is 12. The molecule has 15 N–H and O–H groups in total. The molecule has 0 aromatic carbocycles. The average molecular weight is 932 g/mol. The highest BCUT2D eigenvalue weighted by atomic mass is 16.3. The molecule has 5 aliphatic heterocycles. The molecule has 7 amide bonds. The van der Waals surface area contributed by atoms with E-state index in [1.54, 1.807) is 6.92 Å². The van der Waals surface area contributed by atoms with Crippen LogP contribution in [0.3, 0.4) is 0 Å². The zero-order valence-corrected chi connectivity index (χ0v) is 40.6. The quantitative estimate of drug-likeness (QED) is 0.0857. The van der Waals surface area contributed by atoms with Crippen LogP contribution in [0.1, 0.15) is 133 Å². The number of aliphatic imine (C=N–C) groups is 3. The third-order valence-electron chi connectivity index (χ3n) is 16.1. The number of amides is 7. The molecule has 19 heteroatoms. The number of aliphatic hydroxyl groups excluding tert-OH is 1. The Bertz CT molecular complexity index is 2310. The molecule has 5 rings (SSSR count). The summed E-state index contributed by atoms with van der Waals surface area (Å²) in [7, 11) is 0. The monoisotopic (exact) mass is 932 g/mol. The highest BCUT2D eigenvalue weighted by Crippen LogP contribution is 2.62. The van der Waals surface area contributed by atoms with Crippen LogP contribution in [-0.2, 0) is 33.6 Å². The van der Waals surface area contributed by atoms with Gasteiger partial charge in [-0.25, -0.2) is 0 Å². The fraction of sp³-hybridized carbons (Fsp3) is 0.667. The van der Waals surface area contributed by atoms with Gasteiger partial charge in [0.1, 0.15) is 0 Å². The summed E-state index contributed by atoms with van der Waals surface area (Å²) in [5.41, 5.74) is 34.9. The minimum Gasteiger partial charge on any atom is -0.392 e. The predicted molar refractivity (Wildman–Crippen MR) is 254 cm³/mol. The van der Waals surface area contributed by atoms with Crippen LogP contribution in [-0.4, -0.2) is 87.8 Å². The molecule has 10 atom stereocenters. The van der Waals surface area contributed by atoms with Crippen molar-refractivity contribution < 1.29 is 38.7 Å². The Kier molecular flexibility index (Phi) is 14.9. The third kappa shape index (κ3) is 9.84. The molecule has 0 aliphatic carbocycles. The van der Waals surface area contributed by atoms with Gasteiger partial charge in [-0.15, -0.1) is 0 Å². The largest absolute Gasteiger partial charge is 0.392 e. The molecule has 1 saturated heterocycles. The standard InChI is InChI=1S/C48H73N11O8/c1-23(60)22-55-38(67)16-17-45(6)29(18-35(52)64)43-48(9)47(8,21-37(54)66)28(12-15-34(51)63)40(59-48)25(3)42-46(7,20-36(53)65)26(10-13-32(49)61)30(56-42)19-31-44(4,5)27(11-14-33(50)62)39(57-31)24(2)41(45)58-43/h19,23,26-29,43,56,60H,10-18,20-22H2,1-9H3,(H2,49,61)(H2,50,62)(H2,51,63)(H2,52,64)(H2,53,65)(H2,54,66)(H,55,67)/b30-19?,39-24?,42-25-. The smallest absolute Gasteiger partial charge is 0.220 e. The zero-order chi connectivity index (χ0) is 50.4. The van der Waals surface area contributed by atoms with Crippen LogP contribution >= 0.6 is 0 Å². The molecule has 10 unspecified atom stereocenters. The van der Waals surface area contributed by atoms with Gasteiger partial charge in [0, 0.05) is 131 Å². The highest BCUT2D eigenvalue weighted by Gasteiger charge is 2.66. The molecule has 5 heterocycles. The number of primary amides is 6. The lowest BCUT2D eigenvalue weighted by Crippen LogP contribution is -2.56. The number of aliphatic hydroxyl groups is 1. The maximum atomic E-state index is 13.5. The maximum absolute atomic E-state index is 13.5. The predicted octanol–water partition coefficient (Wildman–Crippen LogP) is 1.74. The Hall–Kier alpha value is -5.72. The number of nitrogens with zero attached hydrogens (tertiary/aromatic N) is 3. The minimum atomic E-state index is -1.39. The van der Waals surface area contributed by atoms with Crippen LogP contribution in [0.5, 0.6) is 0 Å². The highest BCUT2D eigenvalue weighted by molar-refractivity contribution is 6.10. The summed E-state index contributed by atoms with van der Waals surface area (Å²) in [6.07, 6.45) is 1.23. The molecule has 0 spiro atoms. The molecule has 0 aromatic rings. The van der Waals surface area contributed by atoms with Gasteiger partial charge in [-0.3, -0.25) is 48.5 Å². The Balaban J connectivity index is 2.00. The molecular weight excluding hydrogens is 859 g/mol. The SMILES string of the molecule is CC1=C2N=C(C=C3N/C(=C(/C)C4=NC(C)(C5N=C1C(C)(CCC(=O)NCC(C)O)C5CC(N)=O)C(C)(CC(N)=O)C4CCC(N)=O)C(C)(CC(N)=O)C3CCC(N)=O)C(C)(C)C2CCC(N)=O. The molecular formula is C48H73N11O8. The summed E-state index contributed by atoms with van der Waals surface area (Å²) in [5, 5.41) is 16.4. The topological polar surface area (TPSA) is 357 Å². The lowest BCUT2D eigenvalue weighted by atomic mass is 9.55. The summed E-state index contributed by atoms with van der Waals surface area (Å²) < 4.78 is 0. The van der Waals surface area contributed by atoms with Crippen LogP contribution in [0.15, 0.2) is 49.3 Å². The van der Waals surface area contributed by atoms with Gasteiger partial charge < -0.3 is 50.1 Å². The minimum absolute atomic E-state index is 0.0237. The first-order valence-corrected chi connectivity index (χ1v) is 23.3. The number of nitrogens with two attached hydrogens (primary N) is 6. The summed E-state index contributed by atoms with van der Waals surface area (Å²) in [6.45, 7) is 16.9. The van der Waals surface area contributed by atoms with Crippen molar-refractivity contribution in [1.82, 2.24) is 10.6 Å². The first-order chi connectivity index (χ1) is 30.9. The molecule has 67 heavy (non-hydrogen) atoms. The molecule has 0 aromatic heterocycles. The van der Waals surface area contributed by atoms with E-state index in [0.717, 1.165) is 0 Å². The van der Waals surface area contributed by atoms with Gasteiger partial charge in [-0.1, -0.05) is 34.6 Å². The molecule has 1 fully saturated rings. The number of carbonyl (C=O) groups is 7. The van der Waals surface area contributed by atoms with Gasteiger partial charge in [0.2, 0.25) is 41.4 Å². The van der Waals surface area contributed by atoms with Gasteiger partial charge in [-0.05, 0) is 70.6 Å². The molecule has 8 bridgehead atoms. The van der Waals surface area contributed by atoms with Crippen molar-refractivity contribution in [2.24, 2.45) is 94.7 Å². The third-order valence-corrected chi connectivity index (χ3v) is 16.1. The van der Waals surface area contributed by atoms with E-state index in [9.17, 15) is 38.7 Å². The van der Waals surface area contributed by atoms with E-state index in [2.05, 4.69) is 10.6 Å². The Morgan fingerprint density at radius 1 is 0.731 bits per heavy atom. The maximum Gasteiger partial charge on any atom is 0.220 e. The van der Waals surface area contributed by atoms with Crippen molar-refractivity contribution in [3.8, 4) is 0 Å². The summed E-state index contributed by atoms with van der Waals surface area (Å²) in [5.74, 6) is -6.25. The number of hydrogen-bond donors (Lipinski definition) is 9. The number of allylic oxidation sites excluding steroid dienone is 6. The van der Waals surface area contributed by atoms with Crippen LogP contribution in [0.25, 0.3) is 0 Å². The number of fused-ring (bicyclic) bond motifs is 6. The molecule has 19 nitrogen and oxygen atoms in total. The first kappa shape index (κ1) is 52.3. The van der Waals surface area contributed by atoms with Crippen molar-refractivity contribution in [3.63, 3.8) is 0 Å². The van der Waals surface area contributed by atoms with Gasteiger partial charge in [0.15, 0.2) is 0 Å². The van der Waals surface area contributed by atoms with Crippen molar-refractivity contribution in [2.45, 2.75) is 151 Å². The average Bonchev–Trinajstić information content (AvgIpc) is 3.80. The van der Waals surface area contributed by atoms with E-state index >= 15 is 0 Å². The van der Waals surface area contributed by atoms with Crippen LogP contribution in [0.2, 0.25) is 0 Å². The normalized spacial score (nSPS) is 33.3. The van der Waals surface area contributed by atoms with Gasteiger partial charge in [-0.2, -0.15) is 0 Å². The molecule has 368 valence electrons. The van der Waals surface area contributed by atoms with E-state index < -0.39 is 98.5 Å². The number of rotatable bonds is 20. The second kappa shape index (κ2) is 19.1. The summed E-state index contributed by atoms with van der Waals surface area (Å²) >= 11 is 0. The van der Waals surface area contributed by atoms with E-state index in [4.69, 9.17) is 49.4 Å². The second-order valence-electron chi connectivity index (χ2n) is 21.2. The molecule has 0 radical (unpaired) electrons. The lowest BCUT2D eigenvalue weighted by molar-refractivity contribution is -0.124. The van der Waals surface area contributed by atoms with Crippen LogP contribution in [0, 0.1) is 45.3 Å². The van der Waals surface area contributed by atoms with Crippen molar-refractivity contribution in [2.75, 3.05) is 6.54 Å². The van der Waals surface area contributed by atoms with E-state index in [0.29, 0.717) is 51.8 Å². The first-order valence-electron chi connectivity index (χ1n) is 23.3. The summed E-state index contributed by atoms with van der Waals surface area (Å²) in [4.78, 5) is 108. The number of carbonyl (C=O) groups excluding carboxylic acids is 7. The van der Waals surface area contributed by atoms with Gasteiger partial charge in [0.25, 0.3) is 0 Å². The Morgan fingerprint density at radius 2 is 1.28 bits per heavy atom. The van der Waals surface area contributed by atoms with Crippen molar-refractivity contribution >= 4 is 58.5 Å². The summed E-state index contributed by atoms with van der Waals surface area (Å²) in [6, 6.07) is -0.913. The lowest BCUT2D eigenvalue weighted by Gasteiger charge is -2.48. The fourth-order valence-electron chi connectivity index (χ4n) is 12.3. The van der Waals surface area contributed by atoms with E-state index in [1.165, 1.54) is 0 Å². The van der Waals surface area contributed by atoms with Crippen molar-refractivity contribution in [1.29, 1.82) is 0 Å². The van der Waals surface area contributed by atoms with Crippen molar-refractivity contribution in [3.05, 3.63) is 34.3 Å².